The summed E-state index contributed by atoms with van der Waals surface area (Å²) >= 11 is 0. The Hall–Kier alpha value is -2.00. The van der Waals surface area contributed by atoms with Crippen LogP contribution in [0.1, 0.15) is 18.5 Å². The fraction of sp³-hybridized carbons (Fsp3) is 0.294. The van der Waals surface area contributed by atoms with Crippen molar-refractivity contribution in [3.05, 3.63) is 60.2 Å². The summed E-state index contributed by atoms with van der Waals surface area (Å²) in [5, 5.41) is 6.89. The largest absolute Gasteiger partial charge is 0.495 e. The molecule has 0 amide bonds. The van der Waals surface area contributed by atoms with Crippen molar-refractivity contribution in [1.29, 1.82) is 0 Å². The van der Waals surface area contributed by atoms with Crippen molar-refractivity contribution in [2.24, 2.45) is 0 Å². The maximum atomic E-state index is 5.31. The molecular formula is C17H22N2O. The Balaban J connectivity index is 1.76. The Morgan fingerprint density at radius 3 is 2.40 bits per heavy atom. The highest BCUT2D eigenvalue weighted by atomic mass is 16.5. The monoisotopic (exact) mass is 270 g/mol. The number of benzene rings is 2. The molecule has 0 spiro atoms. The lowest BCUT2D eigenvalue weighted by Crippen LogP contribution is -2.25. The van der Waals surface area contributed by atoms with E-state index in [1.807, 2.05) is 30.3 Å². The van der Waals surface area contributed by atoms with E-state index >= 15 is 0 Å². The third kappa shape index (κ3) is 4.00. The summed E-state index contributed by atoms with van der Waals surface area (Å²) in [4.78, 5) is 0. The first-order chi connectivity index (χ1) is 9.81. The lowest BCUT2D eigenvalue weighted by atomic mass is 10.1. The van der Waals surface area contributed by atoms with Gasteiger partial charge in [0, 0.05) is 19.1 Å². The highest BCUT2D eigenvalue weighted by molar-refractivity contribution is 5.56. The average molecular weight is 270 g/mol. The Labute approximate surface area is 121 Å². The molecule has 2 aromatic carbocycles. The van der Waals surface area contributed by atoms with Crippen molar-refractivity contribution in [2.45, 2.75) is 13.0 Å². The molecule has 2 aromatic rings. The standard InChI is InChI=1S/C17H22N2O/c1-14(15-8-4-3-5-9-15)18-12-13-19-16-10-6-7-11-17(16)20-2/h3-11,14,18-19H,12-13H2,1-2H3. The Morgan fingerprint density at radius 1 is 0.950 bits per heavy atom. The summed E-state index contributed by atoms with van der Waals surface area (Å²) in [6, 6.07) is 18.8. The van der Waals surface area contributed by atoms with E-state index in [9.17, 15) is 0 Å². The van der Waals surface area contributed by atoms with Gasteiger partial charge in [0.2, 0.25) is 0 Å². The van der Waals surface area contributed by atoms with E-state index in [2.05, 4.69) is 41.8 Å². The molecule has 1 unspecified atom stereocenters. The van der Waals surface area contributed by atoms with E-state index in [1.165, 1.54) is 5.56 Å². The molecule has 0 aliphatic rings. The van der Waals surface area contributed by atoms with Crippen LogP contribution in [-0.4, -0.2) is 20.2 Å². The molecular weight excluding hydrogens is 248 g/mol. The van der Waals surface area contributed by atoms with Crippen LogP contribution < -0.4 is 15.4 Å². The van der Waals surface area contributed by atoms with Crippen molar-refractivity contribution in [3.63, 3.8) is 0 Å². The molecule has 2 rings (SSSR count). The molecule has 0 aliphatic heterocycles. The molecule has 0 aliphatic carbocycles. The highest BCUT2D eigenvalue weighted by Gasteiger charge is 2.03. The van der Waals surface area contributed by atoms with Crippen LogP contribution in [0.3, 0.4) is 0 Å². The predicted octanol–water partition coefficient (Wildman–Crippen LogP) is 3.46. The molecule has 0 fully saturated rings. The quantitative estimate of drug-likeness (QED) is 0.756. The van der Waals surface area contributed by atoms with Crippen molar-refractivity contribution in [1.82, 2.24) is 5.32 Å². The van der Waals surface area contributed by atoms with Gasteiger partial charge in [0.05, 0.1) is 12.8 Å². The summed E-state index contributed by atoms with van der Waals surface area (Å²) in [5.41, 5.74) is 2.34. The summed E-state index contributed by atoms with van der Waals surface area (Å²) < 4.78 is 5.31. The first-order valence-corrected chi connectivity index (χ1v) is 6.96. The molecule has 0 saturated carbocycles. The maximum absolute atomic E-state index is 5.31. The van der Waals surface area contributed by atoms with Crippen LogP contribution in [0.25, 0.3) is 0 Å². The zero-order valence-electron chi connectivity index (χ0n) is 12.1. The minimum atomic E-state index is 0.357. The van der Waals surface area contributed by atoms with Gasteiger partial charge >= 0.3 is 0 Å². The van der Waals surface area contributed by atoms with Crippen LogP contribution in [-0.2, 0) is 0 Å². The molecule has 20 heavy (non-hydrogen) atoms. The van der Waals surface area contributed by atoms with Gasteiger partial charge in [-0.05, 0) is 24.6 Å². The van der Waals surface area contributed by atoms with Gasteiger partial charge in [-0.15, -0.1) is 0 Å². The van der Waals surface area contributed by atoms with Gasteiger partial charge in [-0.1, -0.05) is 42.5 Å². The van der Waals surface area contributed by atoms with E-state index < -0.39 is 0 Å². The highest BCUT2D eigenvalue weighted by Crippen LogP contribution is 2.22. The molecule has 3 nitrogen and oxygen atoms in total. The zero-order valence-corrected chi connectivity index (χ0v) is 12.1. The molecule has 106 valence electrons. The normalized spacial score (nSPS) is 11.9. The van der Waals surface area contributed by atoms with E-state index in [-0.39, 0.29) is 0 Å². The fourth-order valence-corrected chi connectivity index (χ4v) is 2.14. The van der Waals surface area contributed by atoms with E-state index in [0.29, 0.717) is 6.04 Å². The molecule has 2 N–H and O–H groups in total. The third-order valence-electron chi connectivity index (χ3n) is 3.30. The molecule has 0 heterocycles. The van der Waals surface area contributed by atoms with Gasteiger partial charge in [-0.25, -0.2) is 0 Å². The Kier molecular flexibility index (Phi) is 5.44. The zero-order chi connectivity index (χ0) is 14.2. The topological polar surface area (TPSA) is 33.3 Å². The van der Waals surface area contributed by atoms with E-state index in [1.54, 1.807) is 7.11 Å². The summed E-state index contributed by atoms with van der Waals surface area (Å²) in [5.74, 6) is 0.878. The molecule has 3 heteroatoms. The van der Waals surface area contributed by atoms with Crippen molar-refractivity contribution in [3.8, 4) is 5.75 Å². The van der Waals surface area contributed by atoms with Crippen molar-refractivity contribution < 1.29 is 4.74 Å². The van der Waals surface area contributed by atoms with Gasteiger partial charge in [-0.3, -0.25) is 0 Å². The van der Waals surface area contributed by atoms with Gasteiger partial charge < -0.3 is 15.4 Å². The van der Waals surface area contributed by atoms with Crippen LogP contribution in [0.15, 0.2) is 54.6 Å². The van der Waals surface area contributed by atoms with Crippen molar-refractivity contribution >= 4 is 5.69 Å². The first-order valence-electron chi connectivity index (χ1n) is 6.96. The number of rotatable bonds is 7. The molecule has 0 aromatic heterocycles. The summed E-state index contributed by atoms with van der Waals surface area (Å²) in [7, 11) is 1.69. The Morgan fingerprint density at radius 2 is 1.65 bits per heavy atom. The van der Waals surface area contributed by atoms with Crippen LogP contribution >= 0.6 is 0 Å². The second-order valence-electron chi connectivity index (χ2n) is 4.71. The number of methoxy groups -OCH3 is 1. The van der Waals surface area contributed by atoms with Crippen LogP contribution in [0.5, 0.6) is 5.75 Å². The number of anilines is 1. The lowest BCUT2D eigenvalue weighted by molar-refractivity contribution is 0.416. The number of ether oxygens (including phenoxy) is 1. The van der Waals surface area contributed by atoms with Gasteiger partial charge in [0.1, 0.15) is 5.75 Å². The smallest absolute Gasteiger partial charge is 0.141 e. The number of nitrogens with one attached hydrogen (secondary N) is 2. The number of para-hydroxylation sites is 2. The SMILES string of the molecule is COc1ccccc1NCCNC(C)c1ccccc1. The minimum absolute atomic E-state index is 0.357. The predicted molar refractivity (Wildman–Crippen MR) is 84.3 cm³/mol. The fourth-order valence-electron chi connectivity index (χ4n) is 2.14. The van der Waals surface area contributed by atoms with Gasteiger partial charge in [-0.2, -0.15) is 0 Å². The molecule has 0 bridgehead atoms. The lowest BCUT2D eigenvalue weighted by Gasteiger charge is -2.15. The second-order valence-corrected chi connectivity index (χ2v) is 4.71. The second kappa shape index (κ2) is 7.56. The molecule has 0 saturated heterocycles. The maximum Gasteiger partial charge on any atom is 0.141 e. The summed E-state index contributed by atoms with van der Waals surface area (Å²) in [6.07, 6.45) is 0. The summed E-state index contributed by atoms with van der Waals surface area (Å²) in [6.45, 7) is 3.93. The minimum Gasteiger partial charge on any atom is -0.495 e. The third-order valence-corrected chi connectivity index (χ3v) is 3.30. The number of hydrogen-bond acceptors (Lipinski definition) is 3. The van der Waals surface area contributed by atoms with Gasteiger partial charge in [0.15, 0.2) is 0 Å². The van der Waals surface area contributed by atoms with E-state index in [4.69, 9.17) is 4.74 Å². The molecule has 0 radical (unpaired) electrons. The van der Waals surface area contributed by atoms with Crippen LogP contribution in [0.2, 0.25) is 0 Å². The average Bonchev–Trinajstić information content (AvgIpc) is 2.52. The van der Waals surface area contributed by atoms with Crippen LogP contribution in [0.4, 0.5) is 5.69 Å². The Bertz CT molecular complexity index is 513. The number of hydrogen-bond donors (Lipinski definition) is 2. The molecule has 1 atom stereocenters. The van der Waals surface area contributed by atoms with E-state index in [0.717, 1.165) is 24.5 Å². The van der Waals surface area contributed by atoms with Gasteiger partial charge in [0.25, 0.3) is 0 Å². The first kappa shape index (κ1) is 14.4. The van der Waals surface area contributed by atoms with Crippen LogP contribution in [0, 0.1) is 0 Å². The van der Waals surface area contributed by atoms with Crippen molar-refractivity contribution in [2.75, 3.05) is 25.5 Å².